The number of carbonyl (C=O) groups is 1. The molecule has 0 aliphatic carbocycles. The second kappa shape index (κ2) is 12.5. The van der Waals surface area contributed by atoms with Crippen molar-refractivity contribution < 1.29 is 14.3 Å². The number of nitrogens with zero attached hydrogens (tertiary/aromatic N) is 4. The van der Waals surface area contributed by atoms with E-state index in [1.807, 2.05) is 32.9 Å². The van der Waals surface area contributed by atoms with Gasteiger partial charge < -0.3 is 10.0 Å². The van der Waals surface area contributed by atoms with Crippen molar-refractivity contribution in [3.05, 3.63) is 89.0 Å². The van der Waals surface area contributed by atoms with Crippen molar-refractivity contribution in [2.75, 3.05) is 32.7 Å². The minimum Gasteiger partial charge on any atom is -0.480 e. The molecule has 3 aromatic rings. The van der Waals surface area contributed by atoms with Gasteiger partial charge in [0.2, 0.25) is 0 Å². The monoisotopic (exact) mass is 560 g/mol. The van der Waals surface area contributed by atoms with Crippen LogP contribution in [0.4, 0.5) is 4.39 Å². The van der Waals surface area contributed by atoms with E-state index in [0.717, 1.165) is 56.7 Å². The summed E-state index contributed by atoms with van der Waals surface area (Å²) in [6.45, 7) is 13.1. The number of hydrogen-bond acceptors (Lipinski definition) is 4. The van der Waals surface area contributed by atoms with Gasteiger partial charge >= 0.3 is 5.97 Å². The predicted octanol–water partition coefficient (Wildman–Crippen LogP) is 6.03. The molecule has 2 aromatic carbocycles. The van der Waals surface area contributed by atoms with Gasteiger partial charge in [-0.15, -0.1) is 0 Å². The maximum absolute atomic E-state index is 14.3. The Balaban J connectivity index is 1.28. The summed E-state index contributed by atoms with van der Waals surface area (Å²) < 4.78 is 16.4. The van der Waals surface area contributed by atoms with Crippen LogP contribution in [0, 0.1) is 17.7 Å². The second-order valence-corrected chi connectivity index (χ2v) is 12.5. The highest BCUT2D eigenvalue weighted by Gasteiger charge is 2.49. The molecule has 0 saturated carbocycles. The third-order valence-corrected chi connectivity index (χ3v) is 9.82. The Morgan fingerprint density at radius 3 is 2.44 bits per heavy atom. The van der Waals surface area contributed by atoms with Gasteiger partial charge in [0.05, 0.1) is 5.69 Å². The van der Waals surface area contributed by atoms with Crippen LogP contribution >= 0.6 is 0 Å². The molecule has 1 aromatic heterocycles. The highest BCUT2D eigenvalue weighted by atomic mass is 19.1. The summed E-state index contributed by atoms with van der Waals surface area (Å²) in [6.07, 6.45) is 3.01. The molecule has 2 fully saturated rings. The number of carboxylic acid groups (broad SMARTS) is 1. The maximum atomic E-state index is 14.3. The van der Waals surface area contributed by atoms with Crippen LogP contribution in [0.15, 0.2) is 60.7 Å². The Kier molecular flexibility index (Phi) is 8.95. The molecule has 0 amide bonds. The normalized spacial score (nSPS) is 22.3. The van der Waals surface area contributed by atoms with Crippen molar-refractivity contribution >= 4 is 5.97 Å². The Hall–Kier alpha value is -3.03. The average Bonchev–Trinajstić information content (AvgIpc) is 3.57. The van der Waals surface area contributed by atoms with Crippen molar-refractivity contribution in [2.45, 2.75) is 70.9 Å². The molecule has 3 heterocycles. The number of aromatic nitrogens is 2. The zero-order chi connectivity index (χ0) is 29.1. The zero-order valence-corrected chi connectivity index (χ0v) is 25.0. The molecule has 2 aliphatic heterocycles. The Bertz CT molecular complexity index is 1320. The number of benzene rings is 2. The lowest BCUT2D eigenvalue weighted by atomic mass is 9.86. The van der Waals surface area contributed by atoms with Crippen LogP contribution < -0.4 is 0 Å². The van der Waals surface area contributed by atoms with Crippen LogP contribution in [0.25, 0.3) is 0 Å². The topological polar surface area (TPSA) is 61.6 Å². The highest BCUT2D eigenvalue weighted by Crippen LogP contribution is 2.40. The van der Waals surface area contributed by atoms with Gasteiger partial charge in [-0.25, -0.2) is 4.39 Å². The number of aryl methyl sites for hydroxylation is 1. The number of halogens is 1. The first-order valence-electron chi connectivity index (χ1n) is 15.3. The summed E-state index contributed by atoms with van der Waals surface area (Å²) in [5.41, 5.74) is 3.78. The fourth-order valence-electron chi connectivity index (χ4n) is 7.00. The molecule has 2 saturated heterocycles. The van der Waals surface area contributed by atoms with Gasteiger partial charge in [0.1, 0.15) is 11.4 Å². The minimum atomic E-state index is -0.955. The van der Waals surface area contributed by atoms with E-state index in [1.165, 1.54) is 17.3 Å². The summed E-state index contributed by atoms with van der Waals surface area (Å²) in [4.78, 5) is 17.1. The van der Waals surface area contributed by atoms with Crippen molar-refractivity contribution in [3.8, 4) is 0 Å². The van der Waals surface area contributed by atoms with E-state index in [9.17, 15) is 14.3 Å². The summed E-state index contributed by atoms with van der Waals surface area (Å²) in [5.74, 6) is -0.237. The van der Waals surface area contributed by atoms with Crippen molar-refractivity contribution in [3.63, 3.8) is 0 Å². The number of likely N-dealkylation sites (tertiary alicyclic amines) is 2. The number of piperidine rings is 1. The minimum absolute atomic E-state index is 0.0437. The van der Waals surface area contributed by atoms with E-state index < -0.39 is 11.5 Å². The van der Waals surface area contributed by atoms with Gasteiger partial charge in [-0.2, -0.15) is 5.10 Å². The first kappa shape index (κ1) is 29.5. The zero-order valence-electron chi connectivity index (χ0n) is 25.0. The fourth-order valence-corrected chi connectivity index (χ4v) is 7.00. The number of carboxylic acids is 1. The first-order chi connectivity index (χ1) is 19.7. The molecule has 0 bridgehead atoms. The first-order valence-corrected chi connectivity index (χ1v) is 15.3. The van der Waals surface area contributed by atoms with Crippen molar-refractivity contribution in [1.82, 2.24) is 19.6 Å². The van der Waals surface area contributed by atoms with E-state index in [0.29, 0.717) is 19.0 Å². The molecular weight excluding hydrogens is 515 g/mol. The van der Waals surface area contributed by atoms with E-state index in [-0.39, 0.29) is 23.6 Å². The SMILES string of the molecule is CCn1nc(Cc2ccccc2)cc1C1CCN(C[C@H]2CN([C@@](C)(C(=O)O)C(C)C)C[C@@H]2c2cccc(F)c2)CC1. The van der Waals surface area contributed by atoms with Crippen LogP contribution in [0.2, 0.25) is 0 Å². The molecule has 5 rings (SSSR count). The summed E-state index contributed by atoms with van der Waals surface area (Å²) in [7, 11) is 0. The van der Waals surface area contributed by atoms with Crippen LogP contribution in [0.1, 0.15) is 74.9 Å². The van der Waals surface area contributed by atoms with E-state index >= 15 is 0 Å². The van der Waals surface area contributed by atoms with E-state index in [2.05, 4.69) is 51.7 Å². The maximum Gasteiger partial charge on any atom is 0.324 e. The quantitative estimate of drug-likeness (QED) is 0.328. The Labute approximate surface area is 244 Å². The summed E-state index contributed by atoms with van der Waals surface area (Å²) in [6, 6.07) is 19.7. The predicted molar refractivity (Wildman–Crippen MR) is 161 cm³/mol. The molecule has 0 spiro atoms. The molecule has 0 radical (unpaired) electrons. The lowest BCUT2D eigenvalue weighted by Gasteiger charge is -2.39. The third kappa shape index (κ3) is 6.26. The molecule has 41 heavy (non-hydrogen) atoms. The van der Waals surface area contributed by atoms with Gasteiger partial charge in [-0.05, 0) is 80.9 Å². The largest absolute Gasteiger partial charge is 0.480 e. The molecule has 3 atom stereocenters. The van der Waals surface area contributed by atoms with Gasteiger partial charge in [0, 0.05) is 50.1 Å². The number of hydrogen-bond donors (Lipinski definition) is 1. The molecular formula is C34H45FN4O2. The van der Waals surface area contributed by atoms with E-state index in [4.69, 9.17) is 5.10 Å². The highest BCUT2D eigenvalue weighted by molar-refractivity contribution is 5.78. The van der Waals surface area contributed by atoms with Gasteiger partial charge in [0.15, 0.2) is 0 Å². The van der Waals surface area contributed by atoms with Crippen molar-refractivity contribution in [1.29, 1.82) is 0 Å². The van der Waals surface area contributed by atoms with Crippen LogP contribution in [0.5, 0.6) is 0 Å². The molecule has 6 nitrogen and oxygen atoms in total. The molecule has 7 heteroatoms. The lowest BCUT2D eigenvalue weighted by molar-refractivity contribution is -0.153. The van der Waals surface area contributed by atoms with E-state index in [1.54, 1.807) is 12.1 Å². The smallest absolute Gasteiger partial charge is 0.324 e. The Morgan fingerprint density at radius 1 is 1.07 bits per heavy atom. The lowest BCUT2D eigenvalue weighted by Crippen LogP contribution is -2.55. The van der Waals surface area contributed by atoms with Crippen LogP contribution in [-0.4, -0.2) is 68.9 Å². The van der Waals surface area contributed by atoms with Crippen molar-refractivity contribution in [2.24, 2.45) is 11.8 Å². The average molecular weight is 561 g/mol. The third-order valence-electron chi connectivity index (χ3n) is 9.82. The van der Waals surface area contributed by atoms with Gasteiger partial charge in [0.25, 0.3) is 0 Å². The second-order valence-electron chi connectivity index (χ2n) is 12.5. The standard InChI is InChI=1S/C34H45FN4O2/c1-5-39-32(20-30(36-39)18-25-10-7-6-8-11-25)26-14-16-37(17-15-26)21-28-22-38(34(4,24(2)3)33(40)41)23-31(28)27-12-9-13-29(35)19-27/h6-13,19-20,24,26,28,31H,5,14-18,21-23H2,1-4H3,(H,40,41)/t28-,31+,34+/m0/s1. The number of aliphatic carboxylic acids is 1. The van der Waals surface area contributed by atoms with Crippen LogP contribution in [0.3, 0.4) is 0 Å². The molecule has 0 unspecified atom stereocenters. The summed E-state index contributed by atoms with van der Waals surface area (Å²) in [5, 5.41) is 15.1. The molecule has 1 N–H and O–H groups in total. The molecule has 220 valence electrons. The Morgan fingerprint density at radius 2 is 1.80 bits per heavy atom. The fraction of sp³-hybridized carbons (Fsp3) is 0.529. The summed E-state index contributed by atoms with van der Waals surface area (Å²) >= 11 is 0. The van der Waals surface area contributed by atoms with Gasteiger partial charge in [-0.3, -0.25) is 14.4 Å². The van der Waals surface area contributed by atoms with Crippen LogP contribution in [-0.2, 0) is 17.8 Å². The number of rotatable bonds is 10. The van der Waals surface area contributed by atoms with Gasteiger partial charge in [-0.1, -0.05) is 56.3 Å². The molecule has 2 aliphatic rings.